The summed E-state index contributed by atoms with van der Waals surface area (Å²) in [7, 11) is 0. The number of rotatable bonds is 4. The molecule has 0 bridgehead atoms. The third kappa shape index (κ3) is 3.22. The zero-order valence-corrected chi connectivity index (χ0v) is 13.8. The minimum absolute atomic E-state index is 0.0618. The molecule has 4 nitrogen and oxygen atoms in total. The van der Waals surface area contributed by atoms with E-state index in [1.165, 1.54) is 0 Å². The average Bonchev–Trinajstić information content (AvgIpc) is 2.91. The fourth-order valence-electron chi connectivity index (χ4n) is 2.59. The van der Waals surface area contributed by atoms with Gasteiger partial charge in [-0.2, -0.15) is 5.10 Å². The maximum atomic E-state index is 12.4. The molecule has 118 valence electrons. The Morgan fingerprint density at radius 2 is 1.91 bits per heavy atom. The van der Waals surface area contributed by atoms with Crippen LogP contribution in [0.25, 0.3) is 10.9 Å². The van der Waals surface area contributed by atoms with Crippen LogP contribution in [0.5, 0.6) is 0 Å². The summed E-state index contributed by atoms with van der Waals surface area (Å²) in [6.45, 7) is 4.28. The molecule has 0 saturated heterocycles. The van der Waals surface area contributed by atoms with E-state index in [0.29, 0.717) is 11.6 Å². The molecule has 0 saturated carbocycles. The van der Waals surface area contributed by atoms with Gasteiger partial charge in [-0.05, 0) is 37.6 Å². The average molecular weight is 328 g/mol. The first-order valence-electron chi connectivity index (χ1n) is 7.52. The third-order valence-corrected chi connectivity index (χ3v) is 4.18. The first-order valence-corrected chi connectivity index (χ1v) is 7.90. The van der Waals surface area contributed by atoms with Gasteiger partial charge in [0.15, 0.2) is 0 Å². The number of aromatic nitrogens is 2. The molecular weight excluding hydrogens is 310 g/mol. The lowest BCUT2D eigenvalue weighted by Crippen LogP contribution is -2.31. The molecule has 23 heavy (non-hydrogen) atoms. The Morgan fingerprint density at radius 3 is 2.65 bits per heavy atom. The highest BCUT2D eigenvalue weighted by Gasteiger charge is 2.18. The van der Waals surface area contributed by atoms with Gasteiger partial charge in [0.2, 0.25) is 5.91 Å². The van der Waals surface area contributed by atoms with E-state index in [9.17, 15) is 4.79 Å². The van der Waals surface area contributed by atoms with Gasteiger partial charge in [-0.3, -0.25) is 9.48 Å². The Hall–Kier alpha value is -2.33. The van der Waals surface area contributed by atoms with Crippen LogP contribution in [0, 0.1) is 6.92 Å². The van der Waals surface area contributed by atoms with E-state index >= 15 is 0 Å². The van der Waals surface area contributed by atoms with Crippen LogP contribution in [0.15, 0.2) is 48.5 Å². The van der Waals surface area contributed by atoms with E-state index in [-0.39, 0.29) is 11.9 Å². The zero-order valence-electron chi connectivity index (χ0n) is 13.1. The van der Waals surface area contributed by atoms with Crippen LogP contribution in [0.4, 0.5) is 0 Å². The molecule has 0 fully saturated rings. The molecule has 2 aromatic carbocycles. The van der Waals surface area contributed by atoms with E-state index in [0.717, 1.165) is 22.2 Å². The van der Waals surface area contributed by atoms with Crippen LogP contribution in [0.3, 0.4) is 0 Å². The number of para-hydroxylation sites is 1. The zero-order chi connectivity index (χ0) is 16.4. The standard InChI is InChI=1S/C18H18ClN3O/c1-12-16-5-3-4-6-17(16)22(21-12)13(2)18(23)20-11-14-7-9-15(19)10-8-14/h3-10,13H,11H2,1-2H3,(H,20,23). The van der Waals surface area contributed by atoms with E-state index in [2.05, 4.69) is 10.4 Å². The molecular formula is C18H18ClN3O. The molecule has 5 heteroatoms. The summed E-state index contributed by atoms with van der Waals surface area (Å²) in [5.74, 6) is -0.0618. The van der Waals surface area contributed by atoms with E-state index < -0.39 is 0 Å². The first kappa shape index (κ1) is 15.6. The molecule has 1 heterocycles. The number of nitrogens with zero attached hydrogens (tertiary/aromatic N) is 2. The smallest absolute Gasteiger partial charge is 0.244 e. The second-order valence-corrected chi connectivity index (χ2v) is 6.00. The van der Waals surface area contributed by atoms with Crippen molar-refractivity contribution >= 4 is 28.4 Å². The van der Waals surface area contributed by atoms with Gasteiger partial charge in [-0.25, -0.2) is 0 Å². The monoisotopic (exact) mass is 327 g/mol. The lowest BCUT2D eigenvalue weighted by Gasteiger charge is -2.14. The van der Waals surface area contributed by atoms with Crippen molar-refractivity contribution in [3.05, 3.63) is 64.8 Å². The van der Waals surface area contributed by atoms with Gasteiger partial charge in [0.1, 0.15) is 6.04 Å². The lowest BCUT2D eigenvalue weighted by atomic mass is 10.2. The van der Waals surface area contributed by atoms with Crippen molar-refractivity contribution in [3.63, 3.8) is 0 Å². The van der Waals surface area contributed by atoms with Gasteiger partial charge < -0.3 is 5.32 Å². The maximum absolute atomic E-state index is 12.4. The van der Waals surface area contributed by atoms with Gasteiger partial charge in [-0.15, -0.1) is 0 Å². The summed E-state index contributed by atoms with van der Waals surface area (Å²) in [6, 6.07) is 15.0. The first-order chi connectivity index (χ1) is 11.1. The SMILES string of the molecule is Cc1nn(C(C)C(=O)NCc2ccc(Cl)cc2)c2ccccc12. The number of carbonyl (C=O) groups is 1. The summed E-state index contributed by atoms with van der Waals surface area (Å²) >= 11 is 5.86. The fourth-order valence-corrected chi connectivity index (χ4v) is 2.72. The maximum Gasteiger partial charge on any atom is 0.244 e. The Balaban J connectivity index is 1.75. The highest BCUT2D eigenvalue weighted by atomic mass is 35.5. The molecule has 1 aromatic heterocycles. The Labute approximate surface area is 140 Å². The van der Waals surface area contributed by atoms with Crippen molar-refractivity contribution in [2.45, 2.75) is 26.4 Å². The van der Waals surface area contributed by atoms with Crippen LogP contribution < -0.4 is 5.32 Å². The summed E-state index contributed by atoms with van der Waals surface area (Å²) in [5.41, 5.74) is 2.91. The molecule has 0 spiro atoms. The molecule has 0 aliphatic carbocycles. The summed E-state index contributed by atoms with van der Waals surface area (Å²) in [4.78, 5) is 12.4. The number of benzene rings is 2. The molecule has 0 radical (unpaired) electrons. The summed E-state index contributed by atoms with van der Waals surface area (Å²) in [5, 5.41) is 9.22. The molecule has 3 aromatic rings. The highest BCUT2D eigenvalue weighted by Crippen LogP contribution is 2.21. The normalized spacial score (nSPS) is 12.3. The van der Waals surface area contributed by atoms with Crippen molar-refractivity contribution in [1.82, 2.24) is 15.1 Å². The lowest BCUT2D eigenvalue weighted by molar-refractivity contribution is -0.124. The van der Waals surface area contributed by atoms with Crippen molar-refractivity contribution in [1.29, 1.82) is 0 Å². The van der Waals surface area contributed by atoms with Crippen LogP contribution in [0.2, 0.25) is 5.02 Å². The van der Waals surface area contributed by atoms with Crippen LogP contribution in [0.1, 0.15) is 24.2 Å². The molecule has 1 N–H and O–H groups in total. The topological polar surface area (TPSA) is 46.9 Å². The molecule has 1 amide bonds. The number of aryl methyl sites for hydroxylation is 1. The second-order valence-electron chi connectivity index (χ2n) is 5.57. The van der Waals surface area contributed by atoms with Crippen molar-refractivity contribution in [3.8, 4) is 0 Å². The largest absolute Gasteiger partial charge is 0.350 e. The summed E-state index contributed by atoms with van der Waals surface area (Å²) < 4.78 is 1.78. The van der Waals surface area contributed by atoms with E-state index in [1.54, 1.807) is 4.68 Å². The minimum atomic E-state index is -0.374. The fraction of sp³-hybridized carbons (Fsp3) is 0.222. The van der Waals surface area contributed by atoms with Crippen molar-refractivity contribution in [2.75, 3.05) is 0 Å². The molecule has 3 rings (SSSR count). The van der Waals surface area contributed by atoms with Crippen LogP contribution >= 0.6 is 11.6 Å². The van der Waals surface area contributed by atoms with Gasteiger partial charge in [-0.1, -0.05) is 41.9 Å². The molecule has 1 atom stereocenters. The van der Waals surface area contributed by atoms with Gasteiger partial charge >= 0.3 is 0 Å². The number of nitrogens with one attached hydrogen (secondary N) is 1. The Morgan fingerprint density at radius 1 is 1.22 bits per heavy atom. The van der Waals surface area contributed by atoms with Crippen LogP contribution in [-0.4, -0.2) is 15.7 Å². The molecule has 1 unspecified atom stereocenters. The van der Waals surface area contributed by atoms with E-state index in [1.807, 2.05) is 62.4 Å². The number of fused-ring (bicyclic) bond motifs is 1. The Bertz CT molecular complexity index is 839. The minimum Gasteiger partial charge on any atom is -0.350 e. The predicted molar refractivity (Wildman–Crippen MR) is 92.5 cm³/mol. The predicted octanol–water partition coefficient (Wildman–Crippen LogP) is 3.88. The number of carbonyl (C=O) groups excluding carboxylic acids is 1. The quantitative estimate of drug-likeness (QED) is 0.790. The number of amides is 1. The molecule has 0 aliphatic rings. The van der Waals surface area contributed by atoms with E-state index in [4.69, 9.17) is 11.6 Å². The number of hydrogen-bond donors (Lipinski definition) is 1. The number of hydrogen-bond acceptors (Lipinski definition) is 2. The highest BCUT2D eigenvalue weighted by molar-refractivity contribution is 6.30. The summed E-state index contributed by atoms with van der Waals surface area (Å²) in [6.07, 6.45) is 0. The van der Waals surface area contributed by atoms with Gasteiger partial charge in [0.05, 0.1) is 11.2 Å². The van der Waals surface area contributed by atoms with Crippen molar-refractivity contribution < 1.29 is 4.79 Å². The van der Waals surface area contributed by atoms with Crippen molar-refractivity contribution in [2.24, 2.45) is 0 Å². The number of halogens is 1. The van der Waals surface area contributed by atoms with Gasteiger partial charge in [0.25, 0.3) is 0 Å². The van der Waals surface area contributed by atoms with Crippen LogP contribution in [-0.2, 0) is 11.3 Å². The molecule has 0 aliphatic heterocycles. The Kier molecular flexibility index (Phi) is 4.35. The van der Waals surface area contributed by atoms with Gasteiger partial charge in [0, 0.05) is 17.0 Å². The second kappa shape index (κ2) is 6.42. The third-order valence-electron chi connectivity index (χ3n) is 3.92.